The number of rotatable bonds is 3. The van der Waals surface area contributed by atoms with Gasteiger partial charge in [0.05, 0.1) is 0 Å². The third-order valence-corrected chi connectivity index (χ3v) is 2.58. The van der Waals surface area contributed by atoms with Gasteiger partial charge in [0.2, 0.25) is 5.91 Å². The lowest BCUT2D eigenvalue weighted by Crippen LogP contribution is -2.08. The van der Waals surface area contributed by atoms with Gasteiger partial charge in [0, 0.05) is 17.3 Å². The Hall–Kier alpha value is -2.13. The van der Waals surface area contributed by atoms with E-state index in [9.17, 15) is 4.79 Å². The molecule has 0 aliphatic heterocycles. The summed E-state index contributed by atoms with van der Waals surface area (Å²) < 4.78 is 0. The Kier molecular flexibility index (Phi) is 4.10. The van der Waals surface area contributed by atoms with Crippen molar-refractivity contribution in [3.05, 3.63) is 65.3 Å². The summed E-state index contributed by atoms with van der Waals surface area (Å²) in [7, 11) is 0. The first-order chi connectivity index (χ1) is 8.75. The highest BCUT2D eigenvalue weighted by Crippen LogP contribution is 2.16. The van der Waals surface area contributed by atoms with Crippen molar-refractivity contribution in [3.8, 4) is 0 Å². The van der Waals surface area contributed by atoms with Crippen molar-refractivity contribution in [1.29, 1.82) is 0 Å². The zero-order chi connectivity index (χ0) is 12.8. The van der Waals surface area contributed by atoms with Crippen LogP contribution in [0.3, 0.4) is 0 Å². The summed E-state index contributed by atoms with van der Waals surface area (Å²) in [6, 6.07) is 12.6. The molecule has 0 aliphatic rings. The number of nitrogens with one attached hydrogen (secondary N) is 1. The second kappa shape index (κ2) is 5.98. The van der Waals surface area contributed by atoms with Gasteiger partial charge in [0.25, 0.3) is 0 Å². The Morgan fingerprint density at radius 3 is 2.67 bits per heavy atom. The summed E-state index contributed by atoms with van der Waals surface area (Å²) in [4.78, 5) is 15.6. The molecule has 0 spiro atoms. The molecule has 0 atom stereocenters. The van der Waals surface area contributed by atoms with Gasteiger partial charge in [-0.3, -0.25) is 4.79 Å². The van der Waals surface area contributed by atoms with Crippen LogP contribution in [0.25, 0.3) is 6.08 Å². The third kappa shape index (κ3) is 3.43. The first kappa shape index (κ1) is 12.3. The van der Waals surface area contributed by atoms with Crippen molar-refractivity contribution in [2.75, 3.05) is 5.32 Å². The predicted octanol–water partition coefficient (Wildman–Crippen LogP) is 3.39. The van der Waals surface area contributed by atoms with Gasteiger partial charge in [0.1, 0.15) is 5.82 Å². The zero-order valence-electron chi connectivity index (χ0n) is 9.51. The summed E-state index contributed by atoms with van der Waals surface area (Å²) in [6.45, 7) is 0. The lowest BCUT2D eigenvalue weighted by Gasteiger charge is -2.00. The third-order valence-electron chi connectivity index (χ3n) is 2.24. The summed E-state index contributed by atoms with van der Waals surface area (Å²) in [5.74, 6) is 0.278. The van der Waals surface area contributed by atoms with E-state index in [4.69, 9.17) is 11.6 Å². The molecular formula is C14H11ClN2O. The largest absolute Gasteiger partial charge is 0.307 e. The lowest BCUT2D eigenvalue weighted by molar-refractivity contribution is -0.111. The number of carbonyl (C=O) groups excluding carboxylic acids is 1. The van der Waals surface area contributed by atoms with Crippen LogP contribution in [-0.2, 0) is 4.79 Å². The van der Waals surface area contributed by atoms with Gasteiger partial charge in [0.15, 0.2) is 0 Å². The minimum Gasteiger partial charge on any atom is -0.307 e. The first-order valence-corrected chi connectivity index (χ1v) is 5.78. The minimum atomic E-state index is -0.242. The molecule has 0 bridgehead atoms. The molecule has 0 aliphatic carbocycles. The monoisotopic (exact) mass is 258 g/mol. The highest BCUT2D eigenvalue weighted by Gasteiger charge is 1.98. The van der Waals surface area contributed by atoms with E-state index in [1.54, 1.807) is 36.5 Å². The molecule has 1 amide bonds. The van der Waals surface area contributed by atoms with Gasteiger partial charge < -0.3 is 5.32 Å². The molecule has 18 heavy (non-hydrogen) atoms. The Balaban J connectivity index is 2.02. The van der Waals surface area contributed by atoms with Gasteiger partial charge in [-0.05, 0) is 29.8 Å². The number of benzene rings is 1. The number of aromatic nitrogens is 1. The fourth-order valence-electron chi connectivity index (χ4n) is 1.38. The second-order valence-corrected chi connectivity index (χ2v) is 3.97. The molecule has 2 aromatic rings. The maximum absolute atomic E-state index is 11.6. The predicted molar refractivity (Wildman–Crippen MR) is 73.4 cm³/mol. The molecule has 1 heterocycles. The summed E-state index contributed by atoms with van der Waals surface area (Å²) in [5.41, 5.74) is 0.801. The first-order valence-electron chi connectivity index (χ1n) is 5.40. The Morgan fingerprint density at radius 2 is 1.94 bits per heavy atom. The van der Waals surface area contributed by atoms with Crippen molar-refractivity contribution in [3.63, 3.8) is 0 Å². The lowest BCUT2D eigenvalue weighted by atomic mass is 10.2. The molecular weight excluding hydrogens is 248 g/mol. The fourth-order valence-corrected chi connectivity index (χ4v) is 1.58. The number of anilines is 1. The van der Waals surface area contributed by atoms with Crippen LogP contribution in [0.5, 0.6) is 0 Å². The topological polar surface area (TPSA) is 42.0 Å². The fraction of sp³-hybridized carbons (Fsp3) is 0. The van der Waals surface area contributed by atoms with E-state index in [1.165, 1.54) is 6.08 Å². The number of amides is 1. The summed E-state index contributed by atoms with van der Waals surface area (Å²) in [5, 5.41) is 3.26. The van der Waals surface area contributed by atoms with Crippen LogP contribution in [0.2, 0.25) is 5.02 Å². The molecule has 0 unspecified atom stereocenters. The smallest absolute Gasteiger partial charge is 0.249 e. The van der Waals surface area contributed by atoms with E-state index in [1.807, 2.05) is 18.2 Å². The number of hydrogen-bond donors (Lipinski definition) is 1. The molecule has 90 valence electrons. The zero-order valence-corrected chi connectivity index (χ0v) is 10.3. The molecule has 1 aromatic heterocycles. The van der Waals surface area contributed by atoms with Gasteiger partial charge in [-0.15, -0.1) is 0 Å². The molecule has 2 rings (SSSR count). The summed E-state index contributed by atoms with van der Waals surface area (Å²) >= 11 is 5.97. The number of nitrogens with zero attached hydrogens (tertiary/aromatic N) is 1. The normalized spacial score (nSPS) is 10.5. The highest BCUT2D eigenvalue weighted by molar-refractivity contribution is 6.32. The van der Waals surface area contributed by atoms with Crippen molar-refractivity contribution in [2.45, 2.75) is 0 Å². The molecule has 4 heteroatoms. The second-order valence-electron chi connectivity index (χ2n) is 3.56. The van der Waals surface area contributed by atoms with Crippen molar-refractivity contribution in [1.82, 2.24) is 4.98 Å². The van der Waals surface area contributed by atoms with Crippen molar-refractivity contribution in [2.24, 2.45) is 0 Å². The molecule has 0 saturated carbocycles. The van der Waals surface area contributed by atoms with Crippen molar-refractivity contribution >= 4 is 29.4 Å². The molecule has 1 aromatic carbocycles. The van der Waals surface area contributed by atoms with Crippen LogP contribution in [0.1, 0.15) is 5.56 Å². The SMILES string of the molecule is O=C(/C=C/c1ccccc1Cl)Nc1ccccn1. The quantitative estimate of drug-likeness (QED) is 0.858. The van der Waals surface area contributed by atoms with Gasteiger partial charge in [-0.25, -0.2) is 4.98 Å². The maximum atomic E-state index is 11.6. The van der Waals surface area contributed by atoms with Crippen molar-refractivity contribution < 1.29 is 4.79 Å². The number of hydrogen-bond acceptors (Lipinski definition) is 2. The molecule has 0 fully saturated rings. The Bertz CT molecular complexity index is 567. The van der Waals surface area contributed by atoms with E-state index >= 15 is 0 Å². The molecule has 1 N–H and O–H groups in total. The van der Waals surface area contributed by atoms with Crippen LogP contribution in [0.4, 0.5) is 5.82 Å². The van der Waals surface area contributed by atoms with Gasteiger partial charge >= 0.3 is 0 Å². The van der Waals surface area contributed by atoms with E-state index in [0.29, 0.717) is 10.8 Å². The summed E-state index contributed by atoms with van der Waals surface area (Å²) in [6.07, 6.45) is 4.71. The molecule has 3 nitrogen and oxygen atoms in total. The Labute approximate surface area is 110 Å². The maximum Gasteiger partial charge on any atom is 0.249 e. The molecule has 0 radical (unpaired) electrons. The highest BCUT2D eigenvalue weighted by atomic mass is 35.5. The standard InChI is InChI=1S/C14H11ClN2O/c15-12-6-2-1-5-11(12)8-9-14(18)17-13-7-3-4-10-16-13/h1-10H,(H,16,17,18)/b9-8+. The Morgan fingerprint density at radius 1 is 1.17 bits per heavy atom. The average Bonchev–Trinajstić information content (AvgIpc) is 2.39. The molecule has 0 saturated heterocycles. The van der Waals surface area contributed by atoms with E-state index < -0.39 is 0 Å². The van der Waals surface area contributed by atoms with E-state index in [0.717, 1.165) is 5.56 Å². The average molecular weight is 259 g/mol. The van der Waals surface area contributed by atoms with E-state index in [-0.39, 0.29) is 5.91 Å². The van der Waals surface area contributed by atoms with Crippen LogP contribution in [-0.4, -0.2) is 10.9 Å². The number of pyridine rings is 1. The van der Waals surface area contributed by atoms with E-state index in [2.05, 4.69) is 10.3 Å². The van der Waals surface area contributed by atoms with Crippen LogP contribution < -0.4 is 5.32 Å². The van der Waals surface area contributed by atoms with Crippen LogP contribution >= 0.6 is 11.6 Å². The number of halogens is 1. The minimum absolute atomic E-state index is 0.242. The van der Waals surface area contributed by atoms with Crippen LogP contribution in [0, 0.1) is 0 Å². The van der Waals surface area contributed by atoms with Gasteiger partial charge in [-0.2, -0.15) is 0 Å². The van der Waals surface area contributed by atoms with Crippen LogP contribution in [0.15, 0.2) is 54.7 Å². The number of carbonyl (C=O) groups is 1. The van der Waals surface area contributed by atoms with Gasteiger partial charge in [-0.1, -0.05) is 35.9 Å².